The minimum atomic E-state index is -3.07. The molecule has 0 saturated carbocycles. The van der Waals surface area contributed by atoms with Gasteiger partial charge >= 0.3 is 6.61 Å². The Morgan fingerprint density at radius 1 is 1.47 bits per heavy atom. The minimum absolute atomic E-state index is 0.00216. The van der Waals surface area contributed by atoms with Crippen LogP contribution in [-0.2, 0) is 4.74 Å². The molecule has 0 spiro atoms. The molecule has 1 aliphatic heterocycles. The van der Waals surface area contributed by atoms with Gasteiger partial charge < -0.3 is 20.1 Å². The second-order valence-electron chi connectivity index (χ2n) is 4.35. The molecular formula is C12H15F3N2O2. The summed E-state index contributed by atoms with van der Waals surface area (Å²) in [5.41, 5.74) is 6.40. The number of hydrogen-bond acceptors (Lipinski definition) is 4. The maximum atomic E-state index is 13.5. The van der Waals surface area contributed by atoms with Crippen LogP contribution in [-0.4, -0.2) is 32.4 Å². The second-order valence-corrected chi connectivity index (χ2v) is 4.35. The van der Waals surface area contributed by atoms with Crippen LogP contribution in [0, 0.1) is 5.82 Å². The number of benzene rings is 1. The number of rotatable bonds is 3. The van der Waals surface area contributed by atoms with E-state index >= 15 is 0 Å². The van der Waals surface area contributed by atoms with Gasteiger partial charge in [-0.05, 0) is 6.92 Å². The lowest BCUT2D eigenvalue weighted by molar-refractivity contribution is -0.0521. The fourth-order valence-electron chi connectivity index (χ4n) is 2.06. The molecule has 1 fully saturated rings. The molecular weight excluding hydrogens is 261 g/mol. The standard InChI is InChI=1S/C12H15F3N2O2/c1-7-6-17(2-3-18-7)10-5-11(19-12(14)15)8(13)4-9(10)16/h4-5,7,12H,2-3,6,16H2,1H3. The van der Waals surface area contributed by atoms with Gasteiger partial charge in [-0.2, -0.15) is 8.78 Å². The molecule has 1 aromatic carbocycles. The average molecular weight is 276 g/mol. The average Bonchev–Trinajstić information content (AvgIpc) is 2.32. The molecule has 1 aromatic rings. The Balaban J connectivity index is 2.28. The summed E-state index contributed by atoms with van der Waals surface area (Å²) in [5, 5.41) is 0. The van der Waals surface area contributed by atoms with Crippen molar-refractivity contribution in [2.75, 3.05) is 30.3 Å². The van der Waals surface area contributed by atoms with E-state index < -0.39 is 18.2 Å². The van der Waals surface area contributed by atoms with Gasteiger partial charge in [-0.15, -0.1) is 0 Å². The first-order valence-electron chi connectivity index (χ1n) is 5.87. The van der Waals surface area contributed by atoms with Crippen LogP contribution < -0.4 is 15.4 Å². The van der Waals surface area contributed by atoms with Gasteiger partial charge in [0.1, 0.15) is 0 Å². The number of ether oxygens (including phenoxy) is 2. The van der Waals surface area contributed by atoms with E-state index in [0.717, 1.165) is 6.07 Å². The first kappa shape index (κ1) is 13.8. The zero-order chi connectivity index (χ0) is 14.0. The number of hydrogen-bond donors (Lipinski definition) is 1. The van der Waals surface area contributed by atoms with Crippen LogP contribution in [0.25, 0.3) is 0 Å². The third-order valence-electron chi connectivity index (χ3n) is 2.88. The molecule has 1 saturated heterocycles. The third kappa shape index (κ3) is 3.23. The van der Waals surface area contributed by atoms with E-state index in [1.165, 1.54) is 6.07 Å². The summed E-state index contributed by atoms with van der Waals surface area (Å²) in [6.07, 6.45) is -0.00216. The van der Waals surface area contributed by atoms with Crippen molar-refractivity contribution in [1.29, 1.82) is 0 Å². The number of halogens is 3. The number of anilines is 2. The van der Waals surface area contributed by atoms with Crippen LogP contribution in [0.15, 0.2) is 12.1 Å². The molecule has 0 radical (unpaired) electrons. The summed E-state index contributed by atoms with van der Waals surface area (Å²) < 4.78 is 47.3. The van der Waals surface area contributed by atoms with Gasteiger partial charge in [0.15, 0.2) is 11.6 Å². The maximum absolute atomic E-state index is 13.5. The van der Waals surface area contributed by atoms with Gasteiger partial charge in [0.2, 0.25) is 0 Å². The van der Waals surface area contributed by atoms with Crippen molar-refractivity contribution in [2.24, 2.45) is 0 Å². The van der Waals surface area contributed by atoms with Crippen LogP contribution in [0.4, 0.5) is 24.5 Å². The topological polar surface area (TPSA) is 47.7 Å². The van der Waals surface area contributed by atoms with Gasteiger partial charge in [0.25, 0.3) is 0 Å². The fraction of sp³-hybridized carbons (Fsp3) is 0.500. The minimum Gasteiger partial charge on any atom is -0.432 e. The van der Waals surface area contributed by atoms with Crippen LogP contribution in [0.1, 0.15) is 6.92 Å². The van der Waals surface area contributed by atoms with Gasteiger partial charge in [-0.3, -0.25) is 0 Å². The van der Waals surface area contributed by atoms with Crippen LogP contribution >= 0.6 is 0 Å². The van der Waals surface area contributed by atoms with Crippen molar-refractivity contribution in [3.63, 3.8) is 0 Å². The van der Waals surface area contributed by atoms with Crippen molar-refractivity contribution in [3.05, 3.63) is 17.9 Å². The number of morpholine rings is 1. The molecule has 1 heterocycles. The molecule has 2 N–H and O–H groups in total. The maximum Gasteiger partial charge on any atom is 0.387 e. The van der Waals surface area contributed by atoms with E-state index in [4.69, 9.17) is 10.5 Å². The first-order valence-corrected chi connectivity index (χ1v) is 5.87. The lowest BCUT2D eigenvalue weighted by Gasteiger charge is -2.33. The number of alkyl halides is 2. The molecule has 19 heavy (non-hydrogen) atoms. The molecule has 7 heteroatoms. The van der Waals surface area contributed by atoms with Crippen molar-refractivity contribution in [1.82, 2.24) is 0 Å². The molecule has 0 aliphatic carbocycles. The summed E-state index contributed by atoms with van der Waals surface area (Å²) in [6.45, 7) is 0.443. The van der Waals surface area contributed by atoms with E-state index in [-0.39, 0.29) is 11.8 Å². The largest absolute Gasteiger partial charge is 0.432 e. The third-order valence-corrected chi connectivity index (χ3v) is 2.88. The predicted molar refractivity (Wildman–Crippen MR) is 65.1 cm³/mol. The van der Waals surface area contributed by atoms with Crippen LogP contribution in [0.2, 0.25) is 0 Å². The molecule has 1 unspecified atom stereocenters. The zero-order valence-electron chi connectivity index (χ0n) is 10.4. The van der Waals surface area contributed by atoms with Crippen molar-refractivity contribution < 1.29 is 22.6 Å². The van der Waals surface area contributed by atoms with Crippen molar-refractivity contribution in [3.8, 4) is 5.75 Å². The first-order chi connectivity index (χ1) is 8.97. The zero-order valence-corrected chi connectivity index (χ0v) is 10.4. The molecule has 1 aliphatic rings. The Labute approximate surface area is 108 Å². The summed E-state index contributed by atoms with van der Waals surface area (Å²) in [4.78, 5) is 1.86. The highest BCUT2D eigenvalue weighted by molar-refractivity contribution is 5.70. The fourth-order valence-corrected chi connectivity index (χ4v) is 2.06. The smallest absolute Gasteiger partial charge is 0.387 e. The molecule has 0 aromatic heterocycles. The summed E-state index contributed by atoms with van der Waals surface area (Å²) in [6, 6.07) is 2.20. The van der Waals surface area contributed by atoms with E-state index in [0.29, 0.717) is 25.4 Å². The van der Waals surface area contributed by atoms with E-state index in [1.54, 1.807) is 0 Å². The summed E-state index contributed by atoms with van der Waals surface area (Å²) >= 11 is 0. The number of nitrogens with zero attached hydrogens (tertiary/aromatic N) is 1. The van der Waals surface area contributed by atoms with E-state index in [2.05, 4.69) is 4.74 Å². The highest BCUT2D eigenvalue weighted by Crippen LogP contribution is 2.32. The molecule has 106 valence electrons. The molecule has 4 nitrogen and oxygen atoms in total. The number of nitrogen functional groups attached to an aromatic ring is 1. The van der Waals surface area contributed by atoms with Gasteiger partial charge in [0.05, 0.1) is 24.1 Å². The van der Waals surface area contributed by atoms with E-state index in [1.807, 2.05) is 11.8 Å². The monoisotopic (exact) mass is 276 g/mol. The highest BCUT2D eigenvalue weighted by Gasteiger charge is 2.21. The van der Waals surface area contributed by atoms with Gasteiger partial charge in [-0.25, -0.2) is 4.39 Å². The lowest BCUT2D eigenvalue weighted by Crippen LogP contribution is -2.41. The summed E-state index contributed by atoms with van der Waals surface area (Å²) in [5.74, 6) is -1.40. The molecule has 2 rings (SSSR count). The Morgan fingerprint density at radius 3 is 2.84 bits per heavy atom. The second kappa shape index (κ2) is 5.56. The molecule has 0 bridgehead atoms. The lowest BCUT2D eigenvalue weighted by atomic mass is 10.2. The highest BCUT2D eigenvalue weighted by atomic mass is 19.3. The molecule has 0 amide bonds. The van der Waals surface area contributed by atoms with Gasteiger partial charge in [0, 0.05) is 25.2 Å². The van der Waals surface area contributed by atoms with Crippen molar-refractivity contribution in [2.45, 2.75) is 19.6 Å². The molecule has 1 atom stereocenters. The quantitative estimate of drug-likeness (QED) is 0.860. The Bertz CT molecular complexity index is 457. The Morgan fingerprint density at radius 2 is 2.21 bits per heavy atom. The van der Waals surface area contributed by atoms with Crippen LogP contribution in [0.5, 0.6) is 5.75 Å². The Hall–Kier alpha value is -1.63. The van der Waals surface area contributed by atoms with Gasteiger partial charge in [-0.1, -0.05) is 0 Å². The Kier molecular flexibility index (Phi) is 4.04. The predicted octanol–water partition coefficient (Wildman–Crippen LogP) is 2.23. The number of nitrogens with two attached hydrogens (primary N) is 1. The SMILES string of the molecule is CC1CN(c2cc(OC(F)F)c(F)cc2N)CCO1. The van der Waals surface area contributed by atoms with Crippen molar-refractivity contribution >= 4 is 11.4 Å². The normalized spacial score (nSPS) is 19.8. The summed E-state index contributed by atoms with van der Waals surface area (Å²) in [7, 11) is 0. The van der Waals surface area contributed by atoms with Crippen LogP contribution in [0.3, 0.4) is 0 Å². The van der Waals surface area contributed by atoms with E-state index in [9.17, 15) is 13.2 Å².